The number of nitrogens with one attached hydrogen (secondary N) is 1. The number of hydrogen-bond acceptors (Lipinski definition) is 4. The minimum absolute atomic E-state index is 0.132. The molecule has 0 saturated heterocycles. The van der Waals surface area contributed by atoms with Crippen LogP contribution in [0.3, 0.4) is 0 Å². The molecule has 2 aromatic rings. The van der Waals surface area contributed by atoms with Gasteiger partial charge in [0.2, 0.25) is 5.88 Å². The first kappa shape index (κ1) is 16.0. The summed E-state index contributed by atoms with van der Waals surface area (Å²) in [4.78, 5) is 9.10. The SMILES string of the molecule is CCNc1cc(Oc2ccccc2I)nc(C(C)(C)C)n1. The maximum Gasteiger partial charge on any atom is 0.224 e. The Hall–Kier alpha value is -1.37. The Morgan fingerprint density at radius 3 is 2.52 bits per heavy atom. The van der Waals surface area contributed by atoms with Crippen LogP contribution < -0.4 is 10.1 Å². The molecule has 112 valence electrons. The number of nitrogens with zero attached hydrogens (tertiary/aromatic N) is 2. The number of anilines is 1. The molecule has 0 atom stereocenters. The van der Waals surface area contributed by atoms with Crippen LogP contribution in [0.1, 0.15) is 33.5 Å². The van der Waals surface area contributed by atoms with E-state index in [1.165, 1.54) is 0 Å². The molecule has 1 aromatic carbocycles. The van der Waals surface area contributed by atoms with Crippen LogP contribution in [0.25, 0.3) is 0 Å². The molecule has 21 heavy (non-hydrogen) atoms. The van der Waals surface area contributed by atoms with E-state index in [1.54, 1.807) is 0 Å². The largest absolute Gasteiger partial charge is 0.438 e. The number of hydrogen-bond donors (Lipinski definition) is 1. The quantitative estimate of drug-likeness (QED) is 0.766. The predicted molar refractivity (Wildman–Crippen MR) is 94.1 cm³/mol. The van der Waals surface area contributed by atoms with E-state index < -0.39 is 0 Å². The van der Waals surface area contributed by atoms with E-state index in [-0.39, 0.29) is 5.41 Å². The van der Waals surface area contributed by atoms with Crippen LogP contribution in [0.4, 0.5) is 5.82 Å². The summed E-state index contributed by atoms with van der Waals surface area (Å²) in [6.07, 6.45) is 0. The van der Waals surface area contributed by atoms with E-state index in [0.717, 1.165) is 27.5 Å². The molecule has 0 bridgehead atoms. The lowest BCUT2D eigenvalue weighted by molar-refractivity contribution is 0.444. The molecule has 2 rings (SSSR count). The Bertz CT molecular complexity index is 623. The molecule has 0 unspecified atom stereocenters. The molecule has 0 aliphatic heterocycles. The molecule has 5 heteroatoms. The van der Waals surface area contributed by atoms with Gasteiger partial charge in [-0.25, -0.2) is 4.98 Å². The topological polar surface area (TPSA) is 47.0 Å². The number of rotatable bonds is 4. The summed E-state index contributed by atoms with van der Waals surface area (Å²) in [6.45, 7) is 9.12. The Kier molecular flexibility index (Phi) is 5.03. The van der Waals surface area contributed by atoms with Crippen molar-refractivity contribution in [2.75, 3.05) is 11.9 Å². The van der Waals surface area contributed by atoms with Gasteiger partial charge in [0.25, 0.3) is 0 Å². The summed E-state index contributed by atoms with van der Waals surface area (Å²) in [5.74, 6) is 2.93. The third-order valence-electron chi connectivity index (χ3n) is 2.78. The highest BCUT2D eigenvalue weighted by Gasteiger charge is 2.20. The van der Waals surface area contributed by atoms with E-state index in [1.807, 2.05) is 37.3 Å². The van der Waals surface area contributed by atoms with Crippen molar-refractivity contribution in [2.45, 2.75) is 33.1 Å². The van der Waals surface area contributed by atoms with Crippen molar-refractivity contribution >= 4 is 28.4 Å². The number of halogens is 1. The highest BCUT2D eigenvalue weighted by molar-refractivity contribution is 14.1. The van der Waals surface area contributed by atoms with Gasteiger partial charge in [-0.2, -0.15) is 4.98 Å². The van der Waals surface area contributed by atoms with Gasteiger partial charge >= 0.3 is 0 Å². The number of aromatic nitrogens is 2. The standard InChI is InChI=1S/C16H20IN3O/c1-5-18-13-10-14(20-15(19-13)16(2,3)4)21-12-9-7-6-8-11(12)17/h6-10H,5H2,1-4H3,(H,18,19,20). The summed E-state index contributed by atoms with van der Waals surface area (Å²) in [6, 6.07) is 9.72. The van der Waals surface area contributed by atoms with Crippen LogP contribution in [-0.2, 0) is 5.41 Å². The van der Waals surface area contributed by atoms with Gasteiger partial charge < -0.3 is 10.1 Å². The molecule has 1 aromatic heterocycles. The number of ether oxygens (including phenoxy) is 1. The Balaban J connectivity index is 2.38. The van der Waals surface area contributed by atoms with Crippen LogP contribution in [0, 0.1) is 3.57 Å². The van der Waals surface area contributed by atoms with Crippen LogP contribution in [0.2, 0.25) is 0 Å². The molecule has 4 nitrogen and oxygen atoms in total. The molecule has 0 radical (unpaired) electrons. The minimum atomic E-state index is -0.132. The Labute approximate surface area is 139 Å². The normalized spacial score (nSPS) is 11.3. The van der Waals surface area contributed by atoms with Gasteiger partial charge in [-0.3, -0.25) is 0 Å². The lowest BCUT2D eigenvalue weighted by atomic mass is 9.96. The van der Waals surface area contributed by atoms with Gasteiger partial charge in [-0.15, -0.1) is 0 Å². The highest BCUT2D eigenvalue weighted by Crippen LogP contribution is 2.28. The van der Waals surface area contributed by atoms with Gasteiger partial charge in [-0.1, -0.05) is 32.9 Å². The first-order chi connectivity index (χ1) is 9.90. The van der Waals surface area contributed by atoms with Crippen LogP contribution in [0.15, 0.2) is 30.3 Å². The van der Waals surface area contributed by atoms with E-state index in [9.17, 15) is 0 Å². The predicted octanol–water partition coefficient (Wildman–Crippen LogP) is 4.60. The summed E-state index contributed by atoms with van der Waals surface area (Å²) in [5, 5.41) is 3.23. The third-order valence-corrected chi connectivity index (χ3v) is 3.67. The van der Waals surface area contributed by atoms with Gasteiger partial charge in [0.05, 0.1) is 3.57 Å². The smallest absolute Gasteiger partial charge is 0.224 e. The van der Waals surface area contributed by atoms with Gasteiger partial charge in [0, 0.05) is 18.0 Å². The van der Waals surface area contributed by atoms with Gasteiger partial charge in [-0.05, 0) is 41.6 Å². The van der Waals surface area contributed by atoms with Crippen molar-refractivity contribution < 1.29 is 4.74 Å². The third kappa shape index (κ3) is 4.30. The second kappa shape index (κ2) is 6.60. The molecular weight excluding hydrogens is 377 g/mol. The zero-order valence-corrected chi connectivity index (χ0v) is 14.9. The molecule has 1 heterocycles. The summed E-state index contributed by atoms with van der Waals surface area (Å²) >= 11 is 2.25. The lowest BCUT2D eigenvalue weighted by Gasteiger charge is -2.19. The average Bonchev–Trinajstić information content (AvgIpc) is 2.41. The first-order valence-corrected chi connectivity index (χ1v) is 8.04. The minimum Gasteiger partial charge on any atom is -0.438 e. The zero-order valence-electron chi connectivity index (χ0n) is 12.8. The van der Waals surface area contributed by atoms with Crippen molar-refractivity contribution in [1.29, 1.82) is 0 Å². The van der Waals surface area contributed by atoms with Gasteiger partial charge in [0.15, 0.2) is 0 Å². The van der Waals surface area contributed by atoms with Crippen molar-refractivity contribution in [3.8, 4) is 11.6 Å². The van der Waals surface area contributed by atoms with Crippen LogP contribution in [0.5, 0.6) is 11.6 Å². The van der Waals surface area contributed by atoms with E-state index >= 15 is 0 Å². The fraction of sp³-hybridized carbons (Fsp3) is 0.375. The van der Waals surface area contributed by atoms with E-state index in [0.29, 0.717) is 5.88 Å². The number of para-hydroxylation sites is 1. The van der Waals surface area contributed by atoms with Crippen molar-refractivity contribution in [3.05, 3.63) is 39.7 Å². The van der Waals surface area contributed by atoms with Crippen LogP contribution >= 0.6 is 22.6 Å². The monoisotopic (exact) mass is 397 g/mol. The van der Waals surface area contributed by atoms with Crippen molar-refractivity contribution in [2.24, 2.45) is 0 Å². The summed E-state index contributed by atoms with van der Waals surface area (Å²) in [7, 11) is 0. The van der Waals surface area contributed by atoms with Crippen molar-refractivity contribution in [1.82, 2.24) is 9.97 Å². The summed E-state index contributed by atoms with van der Waals surface area (Å²) in [5.41, 5.74) is -0.132. The van der Waals surface area contributed by atoms with E-state index in [2.05, 4.69) is 58.6 Å². The lowest BCUT2D eigenvalue weighted by Crippen LogP contribution is -2.17. The highest BCUT2D eigenvalue weighted by atomic mass is 127. The summed E-state index contributed by atoms with van der Waals surface area (Å²) < 4.78 is 6.99. The second-order valence-corrected chi connectivity index (χ2v) is 6.89. The first-order valence-electron chi connectivity index (χ1n) is 6.96. The molecule has 0 aliphatic carbocycles. The fourth-order valence-electron chi connectivity index (χ4n) is 1.72. The maximum absolute atomic E-state index is 5.93. The Morgan fingerprint density at radius 2 is 1.90 bits per heavy atom. The molecule has 0 fully saturated rings. The van der Waals surface area contributed by atoms with Gasteiger partial charge in [0.1, 0.15) is 17.4 Å². The molecule has 1 N–H and O–H groups in total. The number of benzene rings is 1. The molecule has 0 aliphatic rings. The van der Waals surface area contributed by atoms with E-state index in [4.69, 9.17) is 4.74 Å². The van der Waals surface area contributed by atoms with Crippen molar-refractivity contribution in [3.63, 3.8) is 0 Å². The van der Waals surface area contributed by atoms with Crippen LogP contribution in [-0.4, -0.2) is 16.5 Å². The maximum atomic E-state index is 5.93. The zero-order chi connectivity index (χ0) is 15.5. The molecule has 0 amide bonds. The Morgan fingerprint density at radius 1 is 1.19 bits per heavy atom. The average molecular weight is 397 g/mol. The molecule has 0 saturated carbocycles. The molecule has 0 spiro atoms. The second-order valence-electron chi connectivity index (χ2n) is 5.73. The fourth-order valence-corrected chi connectivity index (χ4v) is 2.22. The molecular formula is C16H20IN3O.